The van der Waals surface area contributed by atoms with Crippen molar-refractivity contribution in [3.05, 3.63) is 15.8 Å². The second kappa shape index (κ2) is 6.03. The largest absolute Gasteiger partial charge is 0.361 e. The van der Waals surface area contributed by atoms with E-state index in [2.05, 4.69) is 24.3 Å². The Hall–Kier alpha value is -1.59. The lowest BCUT2D eigenvalue weighted by Crippen LogP contribution is -2.39. The Morgan fingerprint density at radius 3 is 2.76 bits per heavy atom. The first-order chi connectivity index (χ1) is 9.86. The molecule has 1 aliphatic rings. The third-order valence-corrected chi connectivity index (χ3v) is 4.58. The van der Waals surface area contributed by atoms with Crippen molar-refractivity contribution >= 4 is 11.5 Å². The van der Waals surface area contributed by atoms with Crippen LogP contribution in [0.3, 0.4) is 0 Å². The second-order valence-corrected chi connectivity index (χ2v) is 6.71. The summed E-state index contributed by atoms with van der Waals surface area (Å²) >= 11 is 0. The summed E-state index contributed by atoms with van der Waals surface area (Å²) in [6.07, 6.45) is 6.11. The minimum absolute atomic E-state index is 0.153. The van der Waals surface area contributed by atoms with Gasteiger partial charge >= 0.3 is 5.69 Å². The molecule has 0 radical (unpaired) electrons. The summed E-state index contributed by atoms with van der Waals surface area (Å²) < 4.78 is 1.63. The van der Waals surface area contributed by atoms with E-state index in [0.717, 1.165) is 19.3 Å². The van der Waals surface area contributed by atoms with Crippen LogP contribution >= 0.6 is 0 Å². The molecule has 6 nitrogen and oxygen atoms in total. The van der Waals surface area contributed by atoms with Crippen LogP contribution in [0.1, 0.15) is 58.6 Å². The molecule has 0 saturated heterocycles. The molecule has 0 aliphatic heterocycles. The number of hydrogen-bond donors (Lipinski definition) is 1. The van der Waals surface area contributed by atoms with Gasteiger partial charge in [0, 0.05) is 13.1 Å². The van der Waals surface area contributed by atoms with E-state index in [0.29, 0.717) is 17.9 Å². The van der Waals surface area contributed by atoms with Crippen LogP contribution < -0.4 is 5.32 Å². The average molecular weight is 294 g/mol. The summed E-state index contributed by atoms with van der Waals surface area (Å²) in [5.74, 6) is 0.559. The van der Waals surface area contributed by atoms with Crippen molar-refractivity contribution in [2.45, 2.75) is 65.3 Å². The van der Waals surface area contributed by atoms with Crippen LogP contribution in [0, 0.1) is 15.5 Å². The monoisotopic (exact) mass is 294 g/mol. The van der Waals surface area contributed by atoms with Crippen molar-refractivity contribution in [1.29, 1.82) is 0 Å². The lowest BCUT2D eigenvalue weighted by Gasteiger charge is -2.39. The minimum Gasteiger partial charge on any atom is -0.361 e. The van der Waals surface area contributed by atoms with Crippen molar-refractivity contribution in [2.24, 2.45) is 12.5 Å². The fourth-order valence-electron chi connectivity index (χ4n) is 3.25. The maximum Gasteiger partial charge on any atom is 0.333 e. The summed E-state index contributed by atoms with van der Waals surface area (Å²) in [7, 11) is 1.78. The van der Waals surface area contributed by atoms with Gasteiger partial charge in [-0.25, -0.2) is 4.68 Å². The summed E-state index contributed by atoms with van der Waals surface area (Å²) in [4.78, 5) is 11.2. The van der Waals surface area contributed by atoms with E-state index in [9.17, 15) is 10.1 Å². The van der Waals surface area contributed by atoms with Gasteiger partial charge in [0.1, 0.15) is 5.69 Å². The fraction of sp³-hybridized carbons (Fsp3) is 0.800. The molecule has 21 heavy (non-hydrogen) atoms. The Kier molecular flexibility index (Phi) is 4.54. The smallest absolute Gasteiger partial charge is 0.333 e. The molecule has 1 aromatic heterocycles. The zero-order chi connectivity index (χ0) is 15.6. The molecule has 2 rings (SSSR count). The van der Waals surface area contributed by atoms with Crippen molar-refractivity contribution in [1.82, 2.24) is 9.78 Å². The number of nitrogens with zero attached hydrogens (tertiary/aromatic N) is 3. The van der Waals surface area contributed by atoms with Gasteiger partial charge in [-0.2, -0.15) is 5.10 Å². The van der Waals surface area contributed by atoms with Crippen LogP contribution in [-0.4, -0.2) is 20.7 Å². The van der Waals surface area contributed by atoms with E-state index >= 15 is 0 Å². The highest BCUT2D eigenvalue weighted by Crippen LogP contribution is 2.39. The molecule has 1 saturated carbocycles. The minimum atomic E-state index is -0.295. The number of aryl methyl sites for hydroxylation is 2. The molecule has 1 atom stereocenters. The molecule has 118 valence electrons. The topological polar surface area (TPSA) is 73.0 Å². The predicted octanol–water partition coefficient (Wildman–Crippen LogP) is 3.66. The van der Waals surface area contributed by atoms with Crippen LogP contribution in [0.4, 0.5) is 11.5 Å². The lowest BCUT2D eigenvalue weighted by molar-refractivity contribution is -0.384. The van der Waals surface area contributed by atoms with Gasteiger partial charge in [0.2, 0.25) is 5.82 Å². The predicted molar refractivity (Wildman–Crippen MR) is 83.5 cm³/mol. The van der Waals surface area contributed by atoms with Gasteiger partial charge in [-0.05, 0) is 24.7 Å². The first-order valence-electron chi connectivity index (χ1n) is 7.83. The summed E-state index contributed by atoms with van der Waals surface area (Å²) in [5.41, 5.74) is 0.892. The van der Waals surface area contributed by atoms with E-state index in [-0.39, 0.29) is 22.1 Å². The first-order valence-corrected chi connectivity index (χ1v) is 7.83. The van der Waals surface area contributed by atoms with Gasteiger partial charge < -0.3 is 5.32 Å². The molecule has 1 heterocycles. The zero-order valence-corrected chi connectivity index (χ0v) is 13.5. The molecule has 6 heteroatoms. The van der Waals surface area contributed by atoms with E-state index in [1.54, 1.807) is 11.7 Å². The summed E-state index contributed by atoms with van der Waals surface area (Å²) in [5, 5.41) is 19.2. The maximum absolute atomic E-state index is 11.4. The first kappa shape index (κ1) is 15.8. The van der Waals surface area contributed by atoms with E-state index in [4.69, 9.17) is 0 Å². The second-order valence-electron chi connectivity index (χ2n) is 6.71. The molecule has 1 unspecified atom stereocenters. The summed E-state index contributed by atoms with van der Waals surface area (Å²) in [6.45, 7) is 6.48. The van der Waals surface area contributed by atoms with Gasteiger partial charge in [-0.1, -0.05) is 40.0 Å². The molecule has 0 aromatic carbocycles. The summed E-state index contributed by atoms with van der Waals surface area (Å²) in [6, 6.07) is 0.259. The molecule has 1 N–H and O–H groups in total. The van der Waals surface area contributed by atoms with E-state index < -0.39 is 0 Å². The van der Waals surface area contributed by atoms with Crippen molar-refractivity contribution in [3.63, 3.8) is 0 Å². The molecular weight excluding hydrogens is 268 g/mol. The van der Waals surface area contributed by atoms with Crippen LogP contribution in [0.2, 0.25) is 0 Å². The number of anilines is 1. The van der Waals surface area contributed by atoms with Gasteiger partial charge in [0.05, 0.1) is 4.92 Å². The Labute approximate surface area is 126 Å². The van der Waals surface area contributed by atoms with Gasteiger partial charge in [0.15, 0.2) is 0 Å². The molecule has 0 spiro atoms. The SMILES string of the molecule is CCCc1nn(C)c(NC2CCCCC2(C)C)c1[N+](=O)[O-]. The van der Waals surface area contributed by atoms with Crippen molar-refractivity contribution < 1.29 is 4.92 Å². The third-order valence-electron chi connectivity index (χ3n) is 4.58. The third kappa shape index (κ3) is 3.19. The number of nitro groups is 1. The highest BCUT2D eigenvalue weighted by molar-refractivity contribution is 5.60. The number of rotatable bonds is 5. The van der Waals surface area contributed by atoms with Crippen molar-refractivity contribution in [3.8, 4) is 0 Å². The highest BCUT2D eigenvalue weighted by atomic mass is 16.6. The van der Waals surface area contributed by atoms with E-state index in [1.165, 1.54) is 12.8 Å². The number of nitrogens with one attached hydrogen (secondary N) is 1. The number of aromatic nitrogens is 2. The quantitative estimate of drug-likeness (QED) is 0.664. The van der Waals surface area contributed by atoms with E-state index in [1.807, 2.05) is 6.92 Å². The molecule has 1 aliphatic carbocycles. The number of hydrogen-bond acceptors (Lipinski definition) is 4. The Morgan fingerprint density at radius 1 is 1.48 bits per heavy atom. The van der Waals surface area contributed by atoms with Crippen LogP contribution in [0.5, 0.6) is 0 Å². The van der Waals surface area contributed by atoms with Gasteiger partial charge in [0.25, 0.3) is 0 Å². The zero-order valence-electron chi connectivity index (χ0n) is 13.5. The van der Waals surface area contributed by atoms with Gasteiger partial charge in [-0.3, -0.25) is 10.1 Å². The lowest BCUT2D eigenvalue weighted by atomic mass is 9.73. The fourth-order valence-corrected chi connectivity index (χ4v) is 3.25. The maximum atomic E-state index is 11.4. The standard InChI is InChI=1S/C15H26N4O2/c1-5-8-11-13(19(20)21)14(18(4)17-11)16-12-9-6-7-10-15(12,2)3/h12,16H,5-10H2,1-4H3. The molecule has 0 bridgehead atoms. The Morgan fingerprint density at radius 2 is 2.19 bits per heavy atom. The molecule has 0 amide bonds. The normalized spacial score (nSPS) is 21.2. The Balaban J connectivity index is 2.32. The van der Waals surface area contributed by atoms with Crippen LogP contribution in [-0.2, 0) is 13.5 Å². The van der Waals surface area contributed by atoms with Gasteiger partial charge in [-0.15, -0.1) is 0 Å². The van der Waals surface area contributed by atoms with Crippen molar-refractivity contribution in [2.75, 3.05) is 5.32 Å². The average Bonchev–Trinajstić information content (AvgIpc) is 2.69. The van der Waals surface area contributed by atoms with Crippen LogP contribution in [0.25, 0.3) is 0 Å². The molecule has 1 aromatic rings. The van der Waals surface area contributed by atoms with Crippen LogP contribution in [0.15, 0.2) is 0 Å². The Bertz CT molecular complexity index is 522. The molecule has 1 fully saturated rings. The highest BCUT2D eigenvalue weighted by Gasteiger charge is 2.35. The molecular formula is C15H26N4O2.